The van der Waals surface area contributed by atoms with E-state index in [0.29, 0.717) is 24.4 Å². The molecule has 0 bridgehead atoms. The van der Waals surface area contributed by atoms with Crippen molar-refractivity contribution >= 4 is 33.4 Å². The van der Waals surface area contributed by atoms with Gasteiger partial charge in [0.05, 0.1) is 11.9 Å². The van der Waals surface area contributed by atoms with E-state index in [1.807, 2.05) is 69.3 Å². The van der Waals surface area contributed by atoms with Crippen LogP contribution in [0.3, 0.4) is 0 Å². The summed E-state index contributed by atoms with van der Waals surface area (Å²) in [4.78, 5) is 14.0. The maximum Gasteiger partial charge on any atom is 0.243 e. The Kier molecular flexibility index (Phi) is 7.95. The lowest BCUT2D eigenvalue weighted by Gasteiger charge is -2.31. The highest BCUT2D eigenvalue weighted by molar-refractivity contribution is 7.99. The van der Waals surface area contributed by atoms with Gasteiger partial charge in [0, 0.05) is 17.2 Å². The van der Waals surface area contributed by atoms with Crippen molar-refractivity contribution in [2.24, 2.45) is 0 Å². The third kappa shape index (κ3) is 6.01. The molecule has 1 atom stereocenters. The number of anilines is 1. The minimum absolute atomic E-state index is 0.275. The van der Waals surface area contributed by atoms with Gasteiger partial charge in [-0.3, -0.25) is 9.10 Å². The van der Waals surface area contributed by atoms with Gasteiger partial charge in [-0.15, -0.1) is 11.8 Å². The van der Waals surface area contributed by atoms with Crippen LogP contribution in [0.15, 0.2) is 53.4 Å². The van der Waals surface area contributed by atoms with Gasteiger partial charge in [-0.1, -0.05) is 37.3 Å². The summed E-state index contributed by atoms with van der Waals surface area (Å²) in [6.07, 6.45) is 1.54. The largest absolute Gasteiger partial charge is 0.353 e. The maximum atomic E-state index is 12.8. The van der Waals surface area contributed by atoms with E-state index in [-0.39, 0.29) is 5.91 Å². The molecule has 0 aliphatic rings. The van der Waals surface area contributed by atoms with Crippen molar-refractivity contribution in [3.8, 4) is 0 Å². The van der Waals surface area contributed by atoms with E-state index < -0.39 is 16.1 Å². The van der Waals surface area contributed by atoms with Gasteiger partial charge in [-0.2, -0.15) is 0 Å². The number of nitrogens with one attached hydrogen (secondary N) is 1. The molecule has 1 N–H and O–H groups in total. The Labute approximate surface area is 172 Å². The second-order valence-corrected chi connectivity index (χ2v) is 9.75. The van der Waals surface area contributed by atoms with Gasteiger partial charge < -0.3 is 5.32 Å². The molecule has 0 aromatic heterocycles. The number of sulfonamides is 1. The molecule has 5 nitrogen and oxygen atoms in total. The molecule has 2 rings (SSSR count). The van der Waals surface area contributed by atoms with E-state index in [9.17, 15) is 13.2 Å². The SMILES string of the molecule is CCC(C(=O)NCCSc1ccccc1)N(c1cc(C)ccc1C)S(C)(=O)=O. The van der Waals surface area contributed by atoms with Crippen LogP contribution in [0.1, 0.15) is 24.5 Å². The molecule has 152 valence electrons. The van der Waals surface area contributed by atoms with Crippen LogP contribution in [-0.4, -0.2) is 38.9 Å². The Morgan fingerprint density at radius 3 is 2.43 bits per heavy atom. The van der Waals surface area contributed by atoms with Gasteiger partial charge in [0.25, 0.3) is 0 Å². The zero-order valence-electron chi connectivity index (χ0n) is 16.8. The van der Waals surface area contributed by atoms with Crippen LogP contribution in [0.4, 0.5) is 5.69 Å². The van der Waals surface area contributed by atoms with E-state index in [0.717, 1.165) is 22.3 Å². The van der Waals surface area contributed by atoms with Crippen LogP contribution < -0.4 is 9.62 Å². The molecule has 1 amide bonds. The summed E-state index contributed by atoms with van der Waals surface area (Å²) in [6.45, 7) is 6.06. The van der Waals surface area contributed by atoms with Crippen LogP contribution >= 0.6 is 11.8 Å². The predicted molar refractivity (Wildman–Crippen MR) is 117 cm³/mol. The number of carbonyl (C=O) groups excluding carboxylic acids is 1. The summed E-state index contributed by atoms with van der Waals surface area (Å²) in [5.74, 6) is 0.441. The third-order valence-electron chi connectivity index (χ3n) is 4.35. The van der Waals surface area contributed by atoms with Gasteiger partial charge in [-0.25, -0.2) is 8.42 Å². The van der Waals surface area contributed by atoms with Crippen molar-refractivity contribution in [1.82, 2.24) is 5.32 Å². The van der Waals surface area contributed by atoms with Crippen molar-refractivity contribution in [3.63, 3.8) is 0 Å². The number of hydrogen-bond acceptors (Lipinski definition) is 4. The first kappa shape index (κ1) is 22.3. The number of nitrogens with zero attached hydrogens (tertiary/aromatic N) is 1. The van der Waals surface area contributed by atoms with E-state index in [2.05, 4.69) is 5.32 Å². The van der Waals surface area contributed by atoms with E-state index >= 15 is 0 Å². The Bertz CT molecular complexity index is 899. The molecule has 2 aromatic rings. The normalized spacial score (nSPS) is 12.4. The summed E-state index contributed by atoms with van der Waals surface area (Å²) in [6, 6.07) is 14.8. The van der Waals surface area contributed by atoms with Crippen molar-refractivity contribution in [1.29, 1.82) is 0 Å². The molecule has 0 aliphatic heterocycles. The number of benzene rings is 2. The lowest BCUT2D eigenvalue weighted by atomic mass is 10.1. The fraction of sp³-hybridized carbons (Fsp3) is 0.381. The molecule has 0 spiro atoms. The van der Waals surface area contributed by atoms with Crippen molar-refractivity contribution in [3.05, 3.63) is 59.7 Å². The lowest BCUT2D eigenvalue weighted by molar-refractivity contribution is -0.122. The van der Waals surface area contributed by atoms with Gasteiger partial charge >= 0.3 is 0 Å². The lowest BCUT2D eigenvalue weighted by Crippen LogP contribution is -2.50. The molecule has 0 saturated heterocycles. The Balaban J connectivity index is 2.12. The number of aryl methyl sites for hydroxylation is 2. The second kappa shape index (κ2) is 9.98. The average Bonchev–Trinajstić information content (AvgIpc) is 2.65. The number of carbonyl (C=O) groups is 1. The number of thioether (sulfide) groups is 1. The van der Waals surface area contributed by atoms with Crippen LogP contribution in [0.25, 0.3) is 0 Å². The quantitative estimate of drug-likeness (QED) is 0.496. The minimum atomic E-state index is -3.62. The van der Waals surface area contributed by atoms with Crippen molar-refractivity contribution in [2.75, 3.05) is 22.9 Å². The number of amides is 1. The fourth-order valence-corrected chi connectivity index (χ4v) is 5.02. The Hall–Kier alpha value is -1.99. The highest BCUT2D eigenvalue weighted by Gasteiger charge is 2.32. The van der Waals surface area contributed by atoms with Gasteiger partial charge in [0.2, 0.25) is 15.9 Å². The fourth-order valence-electron chi connectivity index (χ4n) is 2.97. The standard InChI is InChI=1S/C21H28N2O3S2/c1-5-19(21(24)22-13-14-27-18-9-7-6-8-10-18)23(28(4,25)26)20-15-16(2)11-12-17(20)3/h6-12,15,19H,5,13-14H2,1-4H3,(H,22,24). The summed E-state index contributed by atoms with van der Waals surface area (Å²) < 4.78 is 26.4. The minimum Gasteiger partial charge on any atom is -0.353 e. The molecule has 0 radical (unpaired) electrons. The first-order chi connectivity index (χ1) is 13.2. The summed E-state index contributed by atoms with van der Waals surface area (Å²) >= 11 is 1.65. The zero-order valence-corrected chi connectivity index (χ0v) is 18.4. The molecular weight excluding hydrogens is 392 g/mol. The Morgan fingerprint density at radius 2 is 1.82 bits per heavy atom. The smallest absolute Gasteiger partial charge is 0.243 e. The maximum absolute atomic E-state index is 12.8. The van der Waals surface area contributed by atoms with Crippen molar-refractivity contribution in [2.45, 2.75) is 38.1 Å². The van der Waals surface area contributed by atoms with Crippen molar-refractivity contribution < 1.29 is 13.2 Å². The molecule has 7 heteroatoms. The van der Waals surface area contributed by atoms with Crippen LogP contribution in [0.5, 0.6) is 0 Å². The average molecular weight is 421 g/mol. The molecule has 0 saturated carbocycles. The van der Waals surface area contributed by atoms with E-state index in [1.54, 1.807) is 11.8 Å². The molecule has 0 aliphatic carbocycles. The number of hydrogen-bond donors (Lipinski definition) is 1. The van der Waals surface area contributed by atoms with E-state index in [4.69, 9.17) is 0 Å². The zero-order chi connectivity index (χ0) is 20.7. The summed E-state index contributed by atoms with van der Waals surface area (Å²) in [5.41, 5.74) is 2.33. The predicted octanol–water partition coefficient (Wildman–Crippen LogP) is 3.76. The molecule has 1 unspecified atom stereocenters. The molecule has 0 heterocycles. The number of rotatable bonds is 9. The van der Waals surface area contributed by atoms with E-state index in [1.165, 1.54) is 4.31 Å². The molecule has 2 aromatic carbocycles. The first-order valence-electron chi connectivity index (χ1n) is 9.26. The second-order valence-electron chi connectivity index (χ2n) is 6.73. The Morgan fingerprint density at radius 1 is 1.14 bits per heavy atom. The highest BCUT2D eigenvalue weighted by atomic mass is 32.2. The topological polar surface area (TPSA) is 66.5 Å². The summed E-state index contributed by atoms with van der Waals surface area (Å²) in [7, 11) is -3.62. The summed E-state index contributed by atoms with van der Waals surface area (Å²) in [5, 5.41) is 2.89. The highest BCUT2D eigenvalue weighted by Crippen LogP contribution is 2.27. The van der Waals surface area contributed by atoms with Crippen LogP contribution in [-0.2, 0) is 14.8 Å². The first-order valence-corrected chi connectivity index (χ1v) is 12.1. The van der Waals surface area contributed by atoms with Crippen LogP contribution in [0, 0.1) is 13.8 Å². The van der Waals surface area contributed by atoms with Gasteiger partial charge in [-0.05, 0) is 49.6 Å². The molecular formula is C21H28N2O3S2. The van der Waals surface area contributed by atoms with Gasteiger partial charge in [0.1, 0.15) is 6.04 Å². The third-order valence-corrected chi connectivity index (χ3v) is 6.52. The monoisotopic (exact) mass is 420 g/mol. The van der Waals surface area contributed by atoms with Gasteiger partial charge in [0.15, 0.2) is 0 Å². The van der Waals surface area contributed by atoms with Crippen LogP contribution in [0.2, 0.25) is 0 Å². The molecule has 28 heavy (non-hydrogen) atoms. The molecule has 0 fully saturated rings.